The minimum absolute atomic E-state index is 0.230. The van der Waals surface area contributed by atoms with E-state index in [1.54, 1.807) is 0 Å². The van der Waals surface area contributed by atoms with Crippen molar-refractivity contribution in [2.75, 3.05) is 6.61 Å². The van der Waals surface area contributed by atoms with Gasteiger partial charge >= 0.3 is 0 Å². The fourth-order valence-electron chi connectivity index (χ4n) is 0.814. The number of hydrogen-bond donors (Lipinski definition) is 1. The molecule has 0 saturated heterocycles. The Hall–Kier alpha value is -1.30. The first-order valence-corrected chi connectivity index (χ1v) is 3.54. The molecule has 1 aromatic rings. The molecule has 6 heteroatoms. The lowest BCUT2D eigenvalue weighted by Crippen LogP contribution is -2.28. The van der Waals surface area contributed by atoms with Crippen molar-refractivity contribution in [3.8, 4) is 0 Å². The summed E-state index contributed by atoms with van der Waals surface area (Å²) < 4.78 is 26.0. The van der Waals surface area contributed by atoms with E-state index in [-0.39, 0.29) is 5.56 Å². The van der Waals surface area contributed by atoms with Crippen LogP contribution in [0.5, 0.6) is 0 Å². The van der Waals surface area contributed by atoms with Crippen LogP contribution in [-0.2, 0) is 6.54 Å². The van der Waals surface area contributed by atoms with Gasteiger partial charge in [0.1, 0.15) is 13.2 Å². The summed E-state index contributed by atoms with van der Waals surface area (Å²) >= 11 is 0. The zero-order chi connectivity index (χ0) is 9.90. The molecule has 0 spiro atoms. The fourth-order valence-corrected chi connectivity index (χ4v) is 0.814. The zero-order valence-electron chi connectivity index (χ0n) is 6.65. The van der Waals surface area contributed by atoms with Crippen molar-refractivity contribution in [2.24, 2.45) is 0 Å². The fraction of sp³-hybridized carbons (Fsp3) is 0.429. The molecule has 0 aliphatic heterocycles. The maximum atomic E-state index is 12.6. The SMILES string of the molecule is O=Cc1cnn(CC(F)(F)CO)c1. The smallest absolute Gasteiger partial charge is 0.289 e. The van der Waals surface area contributed by atoms with Crippen LogP contribution in [0, 0.1) is 0 Å². The van der Waals surface area contributed by atoms with Crippen LogP contribution in [0.1, 0.15) is 10.4 Å². The highest BCUT2D eigenvalue weighted by molar-refractivity contribution is 5.73. The van der Waals surface area contributed by atoms with Crippen molar-refractivity contribution in [1.29, 1.82) is 0 Å². The average Bonchev–Trinajstić information content (AvgIpc) is 2.52. The average molecular weight is 190 g/mol. The molecule has 0 unspecified atom stereocenters. The number of aldehydes is 1. The van der Waals surface area contributed by atoms with Gasteiger partial charge in [-0.1, -0.05) is 0 Å². The lowest BCUT2D eigenvalue weighted by molar-refractivity contribution is -0.0652. The number of nitrogens with zero attached hydrogens (tertiary/aromatic N) is 2. The summed E-state index contributed by atoms with van der Waals surface area (Å²) in [5, 5.41) is 11.8. The van der Waals surface area contributed by atoms with Gasteiger partial charge < -0.3 is 5.11 Å². The lowest BCUT2D eigenvalue weighted by Gasteiger charge is -2.12. The highest BCUT2D eigenvalue weighted by atomic mass is 19.3. The molecule has 4 nitrogen and oxygen atoms in total. The molecular weight excluding hydrogens is 182 g/mol. The Morgan fingerprint density at radius 2 is 2.38 bits per heavy atom. The predicted molar refractivity (Wildman–Crippen MR) is 39.6 cm³/mol. The number of aliphatic hydroxyl groups excluding tert-OH is 1. The first-order chi connectivity index (χ1) is 6.07. The van der Waals surface area contributed by atoms with E-state index in [4.69, 9.17) is 5.11 Å². The van der Waals surface area contributed by atoms with Gasteiger partial charge in [0.2, 0.25) is 0 Å². The summed E-state index contributed by atoms with van der Waals surface area (Å²) in [6.45, 7) is -1.96. The third-order valence-corrected chi connectivity index (χ3v) is 1.41. The van der Waals surface area contributed by atoms with Gasteiger partial charge in [-0.3, -0.25) is 9.48 Å². The van der Waals surface area contributed by atoms with Gasteiger partial charge in [0, 0.05) is 6.20 Å². The van der Waals surface area contributed by atoms with Gasteiger partial charge in [0.15, 0.2) is 6.29 Å². The Morgan fingerprint density at radius 3 is 2.85 bits per heavy atom. The molecule has 1 N–H and O–H groups in total. The summed E-state index contributed by atoms with van der Waals surface area (Å²) in [6, 6.07) is 0. The van der Waals surface area contributed by atoms with E-state index in [0.29, 0.717) is 6.29 Å². The Morgan fingerprint density at radius 1 is 1.69 bits per heavy atom. The highest BCUT2D eigenvalue weighted by Crippen LogP contribution is 2.14. The molecule has 0 aromatic carbocycles. The Balaban J connectivity index is 2.69. The van der Waals surface area contributed by atoms with Crippen LogP contribution in [0.2, 0.25) is 0 Å². The molecule has 72 valence electrons. The molecule has 0 fully saturated rings. The second-order valence-electron chi connectivity index (χ2n) is 2.60. The second kappa shape index (κ2) is 3.61. The van der Waals surface area contributed by atoms with Crippen molar-refractivity contribution < 1.29 is 18.7 Å². The Kier molecular flexibility index (Phi) is 2.72. The van der Waals surface area contributed by atoms with E-state index in [1.165, 1.54) is 12.4 Å². The molecule has 0 aliphatic rings. The van der Waals surface area contributed by atoms with E-state index in [1.807, 2.05) is 0 Å². The summed E-state index contributed by atoms with van der Waals surface area (Å²) in [6.07, 6.45) is 2.89. The molecule has 0 atom stereocenters. The number of hydrogen-bond acceptors (Lipinski definition) is 3. The maximum absolute atomic E-state index is 12.6. The van der Waals surface area contributed by atoms with Crippen LogP contribution in [0.4, 0.5) is 8.78 Å². The summed E-state index contributed by atoms with van der Waals surface area (Å²) in [5.41, 5.74) is 0.230. The summed E-state index contributed by atoms with van der Waals surface area (Å²) in [7, 11) is 0. The number of carbonyl (C=O) groups excluding carboxylic acids is 1. The standard InChI is InChI=1S/C7H8F2N2O2/c8-7(9,5-13)4-11-2-6(3-12)1-10-11/h1-3,13H,4-5H2. The Labute approximate surface area is 72.8 Å². The summed E-state index contributed by atoms with van der Waals surface area (Å²) in [4.78, 5) is 10.2. The third-order valence-electron chi connectivity index (χ3n) is 1.41. The highest BCUT2D eigenvalue weighted by Gasteiger charge is 2.28. The first-order valence-electron chi connectivity index (χ1n) is 3.54. The van der Waals surface area contributed by atoms with Crippen LogP contribution in [-0.4, -0.2) is 33.7 Å². The van der Waals surface area contributed by atoms with Crippen LogP contribution in [0.3, 0.4) is 0 Å². The van der Waals surface area contributed by atoms with E-state index in [9.17, 15) is 13.6 Å². The van der Waals surface area contributed by atoms with Gasteiger partial charge in [-0.2, -0.15) is 5.10 Å². The van der Waals surface area contributed by atoms with Gasteiger partial charge in [-0.05, 0) is 0 Å². The predicted octanol–water partition coefficient (Wildman–Crippen LogP) is 0.323. The van der Waals surface area contributed by atoms with E-state index < -0.39 is 19.1 Å². The molecule has 0 radical (unpaired) electrons. The minimum Gasteiger partial charge on any atom is -0.390 e. The first kappa shape index (κ1) is 9.79. The van der Waals surface area contributed by atoms with Crippen LogP contribution in [0.15, 0.2) is 12.4 Å². The minimum atomic E-state index is -3.20. The largest absolute Gasteiger partial charge is 0.390 e. The van der Waals surface area contributed by atoms with E-state index in [2.05, 4.69) is 5.10 Å². The molecular formula is C7H8F2N2O2. The summed E-state index contributed by atoms with van der Waals surface area (Å²) in [5.74, 6) is -3.20. The van der Waals surface area contributed by atoms with Gasteiger partial charge in [0.25, 0.3) is 5.92 Å². The molecule has 1 aromatic heterocycles. The number of carbonyl (C=O) groups is 1. The molecule has 1 heterocycles. The van der Waals surface area contributed by atoms with E-state index >= 15 is 0 Å². The van der Waals surface area contributed by atoms with Crippen LogP contribution >= 0.6 is 0 Å². The zero-order valence-corrected chi connectivity index (χ0v) is 6.65. The van der Waals surface area contributed by atoms with Gasteiger partial charge in [-0.25, -0.2) is 8.78 Å². The van der Waals surface area contributed by atoms with Crippen molar-refractivity contribution in [2.45, 2.75) is 12.5 Å². The number of rotatable bonds is 4. The van der Waals surface area contributed by atoms with Crippen LogP contribution < -0.4 is 0 Å². The molecule has 0 saturated carbocycles. The van der Waals surface area contributed by atoms with Crippen molar-refractivity contribution in [3.63, 3.8) is 0 Å². The van der Waals surface area contributed by atoms with Gasteiger partial charge in [-0.15, -0.1) is 0 Å². The topological polar surface area (TPSA) is 55.1 Å². The Bertz CT molecular complexity index is 298. The van der Waals surface area contributed by atoms with Crippen molar-refractivity contribution in [1.82, 2.24) is 9.78 Å². The van der Waals surface area contributed by atoms with Gasteiger partial charge in [0.05, 0.1) is 11.8 Å². The third kappa shape index (κ3) is 2.59. The molecule has 0 amide bonds. The van der Waals surface area contributed by atoms with Crippen molar-refractivity contribution >= 4 is 6.29 Å². The van der Waals surface area contributed by atoms with E-state index in [0.717, 1.165) is 4.68 Å². The normalized spacial score (nSPS) is 11.6. The lowest BCUT2D eigenvalue weighted by atomic mass is 10.3. The molecule has 0 aliphatic carbocycles. The molecule has 1 rings (SSSR count). The molecule has 0 bridgehead atoms. The quantitative estimate of drug-likeness (QED) is 0.696. The number of alkyl halides is 2. The maximum Gasteiger partial charge on any atom is 0.289 e. The molecule has 13 heavy (non-hydrogen) atoms. The van der Waals surface area contributed by atoms with Crippen LogP contribution in [0.25, 0.3) is 0 Å². The van der Waals surface area contributed by atoms with Crippen molar-refractivity contribution in [3.05, 3.63) is 18.0 Å². The number of halogens is 2. The second-order valence-corrected chi connectivity index (χ2v) is 2.60. The number of aromatic nitrogens is 2. The monoisotopic (exact) mass is 190 g/mol. The number of aliphatic hydroxyl groups is 1.